The Bertz CT molecular complexity index is 465. The van der Waals surface area contributed by atoms with Crippen molar-refractivity contribution in [1.82, 2.24) is 0 Å². The van der Waals surface area contributed by atoms with Crippen molar-refractivity contribution in [3.63, 3.8) is 0 Å². The fraction of sp³-hybridized carbons (Fsp3) is 0.556. The molecule has 0 aromatic heterocycles. The quantitative estimate of drug-likeness (QED) is 0.832. The van der Waals surface area contributed by atoms with Crippen LogP contribution in [0.3, 0.4) is 0 Å². The summed E-state index contributed by atoms with van der Waals surface area (Å²) >= 11 is 0. The minimum Gasteiger partial charge on any atom is -0.367 e. The van der Waals surface area contributed by atoms with Crippen molar-refractivity contribution in [2.45, 2.75) is 46.6 Å². The zero-order valence-electron chi connectivity index (χ0n) is 13.3. The summed E-state index contributed by atoms with van der Waals surface area (Å²) < 4.78 is 0. The Morgan fingerprint density at radius 3 is 2.30 bits per heavy atom. The summed E-state index contributed by atoms with van der Waals surface area (Å²) in [6, 6.07) is 8.93. The van der Waals surface area contributed by atoms with Gasteiger partial charge in [-0.15, -0.1) is 0 Å². The van der Waals surface area contributed by atoms with Gasteiger partial charge in [0.25, 0.3) is 0 Å². The lowest BCUT2D eigenvalue weighted by Crippen LogP contribution is -2.31. The van der Waals surface area contributed by atoms with Crippen LogP contribution in [0.1, 0.15) is 52.1 Å². The fourth-order valence-corrected chi connectivity index (χ4v) is 2.75. The number of nitrogens with zero attached hydrogens (tertiary/aromatic N) is 1. The molecule has 0 spiro atoms. The van der Waals surface area contributed by atoms with E-state index in [2.05, 4.69) is 62.9 Å². The molecule has 1 atom stereocenters. The van der Waals surface area contributed by atoms with Crippen LogP contribution in [-0.2, 0) is 0 Å². The van der Waals surface area contributed by atoms with Gasteiger partial charge >= 0.3 is 0 Å². The molecule has 0 unspecified atom stereocenters. The first-order valence-electron chi connectivity index (χ1n) is 7.72. The van der Waals surface area contributed by atoms with Crippen LogP contribution in [0.2, 0.25) is 0 Å². The standard InChI is InChI=1S/C18H28N2/c1-5-17(19)14-6-8-16(9-7-14)20-12-10-15(11-13-20)18(2,3)4/h6-10,17H,5,11-13,19H2,1-4H3/t17-/m0/s1. The van der Waals surface area contributed by atoms with Gasteiger partial charge in [-0.3, -0.25) is 0 Å². The van der Waals surface area contributed by atoms with Crippen LogP contribution < -0.4 is 10.6 Å². The van der Waals surface area contributed by atoms with Gasteiger partial charge in [-0.05, 0) is 36.0 Å². The Kier molecular flexibility index (Phi) is 4.54. The van der Waals surface area contributed by atoms with Crippen LogP contribution >= 0.6 is 0 Å². The van der Waals surface area contributed by atoms with Crippen LogP contribution in [0.25, 0.3) is 0 Å². The molecule has 0 aliphatic carbocycles. The molecule has 1 aromatic carbocycles. The number of nitrogens with two attached hydrogens (primary N) is 1. The molecule has 2 N–H and O–H groups in total. The third-order valence-corrected chi connectivity index (χ3v) is 4.30. The topological polar surface area (TPSA) is 29.3 Å². The van der Waals surface area contributed by atoms with E-state index in [0.717, 1.165) is 19.5 Å². The SMILES string of the molecule is CC[C@H](N)c1ccc(N2CC=C(C(C)(C)C)CC2)cc1. The van der Waals surface area contributed by atoms with Crippen molar-refractivity contribution < 1.29 is 0 Å². The number of rotatable bonds is 3. The molecule has 0 radical (unpaired) electrons. The Morgan fingerprint density at radius 2 is 1.85 bits per heavy atom. The second-order valence-corrected chi connectivity index (χ2v) is 6.78. The van der Waals surface area contributed by atoms with Gasteiger partial charge in [-0.25, -0.2) is 0 Å². The molecule has 0 saturated heterocycles. The highest BCUT2D eigenvalue weighted by molar-refractivity contribution is 5.50. The Morgan fingerprint density at radius 1 is 1.20 bits per heavy atom. The van der Waals surface area contributed by atoms with E-state index >= 15 is 0 Å². The molecule has 1 heterocycles. The molecule has 1 aliphatic rings. The molecule has 1 aliphatic heterocycles. The monoisotopic (exact) mass is 272 g/mol. The zero-order valence-corrected chi connectivity index (χ0v) is 13.3. The summed E-state index contributed by atoms with van der Waals surface area (Å²) in [5.41, 5.74) is 10.5. The number of benzene rings is 1. The van der Waals surface area contributed by atoms with E-state index in [0.29, 0.717) is 5.41 Å². The van der Waals surface area contributed by atoms with Crippen LogP contribution in [0.15, 0.2) is 35.9 Å². The Labute approximate surface area is 123 Å². The molecule has 20 heavy (non-hydrogen) atoms. The van der Waals surface area contributed by atoms with Gasteiger partial charge in [-0.2, -0.15) is 0 Å². The lowest BCUT2D eigenvalue weighted by atomic mass is 9.83. The smallest absolute Gasteiger partial charge is 0.0369 e. The van der Waals surface area contributed by atoms with Gasteiger partial charge in [0.15, 0.2) is 0 Å². The number of anilines is 1. The molecule has 0 fully saturated rings. The van der Waals surface area contributed by atoms with E-state index in [-0.39, 0.29) is 6.04 Å². The maximum absolute atomic E-state index is 6.07. The average molecular weight is 272 g/mol. The Balaban J connectivity index is 2.06. The van der Waals surface area contributed by atoms with E-state index in [1.54, 1.807) is 5.57 Å². The zero-order chi connectivity index (χ0) is 14.8. The molecule has 0 saturated carbocycles. The molecule has 2 heteroatoms. The van der Waals surface area contributed by atoms with Crippen molar-refractivity contribution in [3.05, 3.63) is 41.5 Å². The second kappa shape index (κ2) is 6.01. The summed E-state index contributed by atoms with van der Waals surface area (Å²) in [5, 5.41) is 0. The van der Waals surface area contributed by atoms with E-state index in [9.17, 15) is 0 Å². The summed E-state index contributed by atoms with van der Waals surface area (Å²) in [4.78, 5) is 2.44. The molecule has 0 amide bonds. The minimum absolute atomic E-state index is 0.165. The summed E-state index contributed by atoms with van der Waals surface area (Å²) in [7, 11) is 0. The minimum atomic E-state index is 0.165. The molecular weight excluding hydrogens is 244 g/mol. The number of hydrogen-bond acceptors (Lipinski definition) is 2. The van der Waals surface area contributed by atoms with Crippen LogP contribution in [0, 0.1) is 5.41 Å². The third-order valence-electron chi connectivity index (χ3n) is 4.30. The second-order valence-electron chi connectivity index (χ2n) is 6.78. The highest BCUT2D eigenvalue weighted by Crippen LogP contribution is 2.31. The normalized spacial score (nSPS) is 17.9. The van der Waals surface area contributed by atoms with Crippen molar-refractivity contribution in [1.29, 1.82) is 0 Å². The number of hydrogen-bond donors (Lipinski definition) is 1. The van der Waals surface area contributed by atoms with Gasteiger partial charge in [0, 0.05) is 24.8 Å². The molecule has 1 aromatic rings. The predicted octanol–water partition coefficient (Wildman–Crippen LogP) is 4.28. The van der Waals surface area contributed by atoms with Gasteiger partial charge < -0.3 is 10.6 Å². The largest absolute Gasteiger partial charge is 0.367 e. The van der Waals surface area contributed by atoms with Gasteiger partial charge in [0.1, 0.15) is 0 Å². The van der Waals surface area contributed by atoms with E-state index < -0.39 is 0 Å². The average Bonchev–Trinajstić information content (AvgIpc) is 2.46. The first kappa shape index (κ1) is 15.1. The Hall–Kier alpha value is -1.28. The van der Waals surface area contributed by atoms with Crippen molar-refractivity contribution >= 4 is 5.69 Å². The lowest BCUT2D eigenvalue weighted by Gasteiger charge is -2.33. The first-order chi connectivity index (χ1) is 9.41. The van der Waals surface area contributed by atoms with Crippen molar-refractivity contribution in [2.75, 3.05) is 18.0 Å². The van der Waals surface area contributed by atoms with Gasteiger partial charge in [-0.1, -0.05) is 51.5 Å². The molecule has 2 nitrogen and oxygen atoms in total. The van der Waals surface area contributed by atoms with Crippen LogP contribution in [0.4, 0.5) is 5.69 Å². The van der Waals surface area contributed by atoms with Crippen LogP contribution in [-0.4, -0.2) is 13.1 Å². The lowest BCUT2D eigenvalue weighted by molar-refractivity contribution is 0.472. The van der Waals surface area contributed by atoms with Crippen LogP contribution in [0.5, 0.6) is 0 Å². The molecule has 2 rings (SSSR count). The molecule has 0 bridgehead atoms. The maximum atomic E-state index is 6.07. The van der Waals surface area contributed by atoms with E-state index in [4.69, 9.17) is 5.73 Å². The van der Waals surface area contributed by atoms with E-state index in [1.807, 2.05) is 0 Å². The van der Waals surface area contributed by atoms with Crippen molar-refractivity contribution in [2.24, 2.45) is 11.1 Å². The maximum Gasteiger partial charge on any atom is 0.0369 e. The fourth-order valence-electron chi connectivity index (χ4n) is 2.75. The van der Waals surface area contributed by atoms with Gasteiger partial charge in [0.05, 0.1) is 0 Å². The molecular formula is C18H28N2. The predicted molar refractivity (Wildman–Crippen MR) is 88.0 cm³/mol. The summed E-state index contributed by atoms with van der Waals surface area (Å²) in [6.45, 7) is 11.2. The van der Waals surface area contributed by atoms with E-state index in [1.165, 1.54) is 17.7 Å². The third kappa shape index (κ3) is 3.43. The highest BCUT2D eigenvalue weighted by Gasteiger charge is 2.21. The highest BCUT2D eigenvalue weighted by atomic mass is 15.1. The van der Waals surface area contributed by atoms with Crippen molar-refractivity contribution in [3.8, 4) is 0 Å². The van der Waals surface area contributed by atoms with Gasteiger partial charge in [0.2, 0.25) is 0 Å². The summed E-state index contributed by atoms with van der Waals surface area (Å²) in [5.74, 6) is 0. The molecule has 110 valence electrons. The summed E-state index contributed by atoms with van der Waals surface area (Å²) in [6.07, 6.45) is 4.55. The first-order valence-corrected chi connectivity index (χ1v) is 7.72.